The summed E-state index contributed by atoms with van der Waals surface area (Å²) in [6, 6.07) is 4.06. The Morgan fingerprint density at radius 2 is 1.97 bits per heavy atom. The second-order valence-corrected chi connectivity index (χ2v) is 7.23. The van der Waals surface area contributed by atoms with E-state index in [9.17, 15) is 23.1 Å². The molecule has 2 aromatic rings. The molecule has 1 aromatic heterocycles. The zero-order valence-electron chi connectivity index (χ0n) is 16.4. The van der Waals surface area contributed by atoms with Crippen LogP contribution in [0, 0.1) is 17.1 Å². The Kier molecular flexibility index (Phi) is 7.05. The Labute approximate surface area is 170 Å². The van der Waals surface area contributed by atoms with E-state index in [0.29, 0.717) is 0 Å². The SMILES string of the molecule is CC(C)(C)N(CC(Nc1ncc(C#N)cn1)c1ccc(OC(F)F)cc1F)C(=O)O. The van der Waals surface area contributed by atoms with Gasteiger partial charge >= 0.3 is 12.7 Å². The molecule has 11 heteroatoms. The summed E-state index contributed by atoms with van der Waals surface area (Å²) >= 11 is 0. The molecule has 2 rings (SSSR count). The Bertz CT molecular complexity index is 926. The number of ether oxygens (including phenoxy) is 1. The van der Waals surface area contributed by atoms with Crippen LogP contribution < -0.4 is 10.1 Å². The molecule has 0 radical (unpaired) electrons. The van der Waals surface area contributed by atoms with Crippen molar-refractivity contribution in [1.29, 1.82) is 5.26 Å². The van der Waals surface area contributed by atoms with Crippen LogP contribution in [-0.4, -0.2) is 44.8 Å². The number of hydrogen-bond donors (Lipinski definition) is 2. The molecule has 1 heterocycles. The number of aromatic nitrogens is 2. The van der Waals surface area contributed by atoms with Crippen molar-refractivity contribution in [3.8, 4) is 11.8 Å². The van der Waals surface area contributed by atoms with Crippen LogP contribution in [0.3, 0.4) is 0 Å². The molecule has 0 saturated carbocycles. The summed E-state index contributed by atoms with van der Waals surface area (Å²) in [5.41, 5.74) is -0.606. The van der Waals surface area contributed by atoms with Crippen LogP contribution in [0.2, 0.25) is 0 Å². The van der Waals surface area contributed by atoms with Gasteiger partial charge in [-0.2, -0.15) is 14.0 Å². The van der Waals surface area contributed by atoms with Gasteiger partial charge in [0.25, 0.3) is 0 Å². The first kappa shape index (κ1) is 22.7. The minimum absolute atomic E-state index is 0.0000704. The van der Waals surface area contributed by atoms with E-state index < -0.39 is 30.1 Å². The van der Waals surface area contributed by atoms with E-state index in [1.165, 1.54) is 18.5 Å². The summed E-state index contributed by atoms with van der Waals surface area (Å²) in [5.74, 6) is -1.21. The predicted octanol–water partition coefficient (Wildman–Crippen LogP) is 4.02. The first-order chi connectivity index (χ1) is 14.0. The van der Waals surface area contributed by atoms with Gasteiger partial charge in [-0.15, -0.1) is 0 Å². The van der Waals surface area contributed by atoms with Gasteiger partial charge in [-0.25, -0.2) is 19.2 Å². The zero-order chi connectivity index (χ0) is 22.5. The average Bonchev–Trinajstić information content (AvgIpc) is 2.64. The topological polar surface area (TPSA) is 111 Å². The molecule has 0 spiro atoms. The first-order valence-electron chi connectivity index (χ1n) is 8.74. The van der Waals surface area contributed by atoms with Gasteiger partial charge in [-0.3, -0.25) is 0 Å². The fraction of sp³-hybridized carbons (Fsp3) is 0.368. The van der Waals surface area contributed by atoms with Gasteiger partial charge in [0.2, 0.25) is 5.95 Å². The number of nitrogens with zero attached hydrogens (tertiary/aromatic N) is 4. The van der Waals surface area contributed by atoms with E-state index in [2.05, 4.69) is 20.0 Å². The molecule has 0 fully saturated rings. The minimum atomic E-state index is -3.11. The molecule has 0 saturated heterocycles. The fourth-order valence-corrected chi connectivity index (χ4v) is 2.63. The normalized spacial score (nSPS) is 12.2. The van der Waals surface area contributed by atoms with Crippen molar-refractivity contribution in [2.75, 3.05) is 11.9 Å². The molecule has 0 aliphatic heterocycles. The second kappa shape index (κ2) is 9.30. The average molecular weight is 423 g/mol. The molecule has 30 heavy (non-hydrogen) atoms. The molecule has 1 aromatic carbocycles. The maximum Gasteiger partial charge on any atom is 0.407 e. The number of hydrogen-bond acceptors (Lipinski definition) is 6. The molecule has 1 atom stereocenters. The fourth-order valence-electron chi connectivity index (χ4n) is 2.63. The van der Waals surface area contributed by atoms with Crippen molar-refractivity contribution in [3.63, 3.8) is 0 Å². The highest BCUT2D eigenvalue weighted by Crippen LogP contribution is 2.28. The van der Waals surface area contributed by atoms with E-state index in [-0.39, 0.29) is 29.4 Å². The van der Waals surface area contributed by atoms with Crippen molar-refractivity contribution in [1.82, 2.24) is 14.9 Å². The number of nitrogens with one attached hydrogen (secondary N) is 1. The molecule has 2 N–H and O–H groups in total. The highest BCUT2D eigenvalue weighted by molar-refractivity contribution is 5.66. The van der Waals surface area contributed by atoms with E-state index in [0.717, 1.165) is 17.0 Å². The third kappa shape index (κ3) is 5.97. The smallest absolute Gasteiger partial charge is 0.407 e. The number of rotatable bonds is 7. The van der Waals surface area contributed by atoms with Crippen LogP contribution in [0.5, 0.6) is 5.75 Å². The molecular formula is C19H20F3N5O3. The number of carboxylic acid groups (broad SMARTS) is 1. The lowest BCUT2D eigenvalue weighted by atomic mass is 10.0. The van der Waals surface area contributed by atoms with Crippen LogP contribution >= 0.6 is 0 Å². The number of benzene rings is 1. The zero-order valence-corrected chi connectivity index (χ0v) is 16.4. The third-order valence-corrected chi connectivity index (χ3v) is 4.06. The predicted molar refractivity (Wildman–Crippen MR) is 101 cm³/mol. The van der Waals surface area contributed by atoms with E-state index in [1.54, 1.807) is 20.8 Å². The van der Waals surface area contributed by atoms with Gasteiger partial charge in [-0.05, 0) is 26.8 Å². The van der Waals surface area contributed by atoms with Gasteiger partial charge in [0, 0.05) is 23.7 Å². The second-order valence-electron chi connectivity index (χ2n) is 7.23. The van der Waals surface area contributed by atoms with Gasteiger partial charge in [0.05, 0.1) is 24.0 Å². The summed E-state index contributed by atoms with van der Waals surface area (Å²) in [6.07, 6.45) is 1.27. The molecule has 8 nitrogen and oxygen atoms in total. The summed E-state index contributed by atoms with van der Waals surface area (Å²) in [5, 5.41) is 21.3. The maximum atomic E-state index is 14.7. The van der Waals surface area contributed by atoms with Crippen molar-refractivity contribution in [2.45, 2.75) is 39.0 Å². The van der Waals surface area contributed by atoms with Gasteiger partial charge in [0.15, 0.2) is 0 Å². The van der Waals surface area contributed by atoms with E-state index in [1.807, 2.05) is 6.07 Å². The van der Waals surface area contributed by atoms with Crippen LogP contribution in [0.1, 0.15) is 37.9 Å². The molecule has 0 aliphatic carbocycles. The molecule has 0 bridgehead atoms. The lowest BCUT2D eigenvalue weighted by molar-refractivity contribution is -0.0500. The number of halogens is 3. The molecule has 0 aliphatic rings. The molecular weight excluding hydrogens is 403 g/mol. The van der Waals surface area contributed by atoms with Crippen LogP contribution in [0.25, 0.3) is 0 Å². The third-order valence-electron chi connectivity index (χ3n) is 4.06. The van der Waals surface area contributed by atoms with Gasteiger partial charge < -0.3 is 20.1 Å². The number of amides is 1. The Balaban J connectivity index is 2.41. The molecule has 1 amide bonds. The van der Waals surface area contributed by atoms with E-state index >= 15 is 0 Å². The Morgan fingerprint density at radius 1 is 1.33 bits per heavy atom. The van der Waals surface area contributed by atoms with Crippen molar-refractivity contribution in [2.24, 2.45) is 0 Å². The summed E-state index contributed by atoms with van der Waals surface area (Å²) in [4.78, 5) is 20.8. The monoisotopic (exact) mass is 423 g/mol. The quantitative estimate of drug-likeness (QED) is 0.692. The van der Waals surface area contributed by atoms with Crippen molar-refractivity contribution >= 4 is 12.0 Å². The molecule has 160 valence electrons. The highest BCUT2D eigenvalue weighted by atomic mass is 19.3. The summed E-state index contributed by atoms with van der Waals surface area (Å²) in [6.45, 7) is 1.71. The Morgan fingerprint density at radius 3 is 2.43 bits per heavy atom. The van der Waals surface area contributed by atoms with Gasteiger partial charge in [-0.1, -0.05) is 6.07 Å². The van der Waals surface area contributed by atoms with E-state index in [4.69, 9.17) is 5.26 Å². The van der Waals surface area contributed by atoms with Crippen LogP contribution in [0.15, 0.2) is 30.6 Å². The van der Waals surface area contributed by atoms with Crippen LogP contribution in [0.4, 0.5) is 23.9 Å². The summed E-state index contributed by atoms with van der Waals surface area (Å²) in [7, 11) is 0. The standard InChI is InChI=1S/C19H20F3N5O3/c1-19(2,3)27(18(28)29)10-15(26-17-24-8-11(7-23)9-25-17)13-5-4-12(6-14(13)20)30-16(21)22/h4-6,8-9,15-16H,10H2,1-3H3,(H,28,29)(H,24,25,26). The first-order valence-corrected chi connectivity index (χ1v) is 8.74. The minimum Gasteiger partial charge on any atom is -0.465 e. The number of carbonyl (C=O) groups is 1. The lowest BCUT2D eigenvalue weighted by Crippen LogP contribution is -2.48. The van der Waals surface area contributed by atoms with Crippen molar-refractivity contribution < 1.29 is 27.8 Å². The van der Waals surface area contributed by atoms with Crippen LogP contribution in [-0.2, 0) is 0 Å². The lowest BCUT2D eigenvalue weighted by Gasteiger charge is -2.36. The Hall–Kier alpha value is -3.55. The highest BCUT2D eigenvalue weighted by Gasteiger charge is 2.31. The number of nitriles is 1. The summed E-state index contributed by atoms with van der Waals surface area (Å²) < 4.78 is 43.7. The number of alkyl halides is 2. The maximum absolute atomic E-state index is 14.7. The van der Waals surface area contributed by atoms with Crippen molar-refractivity contribution in [3.05, 3.63) is 47.5 Å². The molecule has 1 unspecified atom stereocenters. The largest absolute Gasteiger partial charge is 0.465 e. The number of anilines is 1. The van der Waals surface area contributed by atoms with Gasteiger partial charge in [0.1, 0.15) is 17.6 Å².